The summed E-state index contributed by atoms with van der Waals surface area (Å²) in [5, 5.41) is 6.87. The van der Waals surface area contributed by atoms with Crippen LogP contribution in [0.25, 0.3) is 5.69 Å². The van der Waals surface area contributed by atoms with Crippen LogP contribution in [0, 0.1) is 6.92 Å². The number of aromatic nitrogens is 3. The normalized spacial score (nSPS) is 10.3. The van der Waals surface area contributed by atoms with Crippen molar-refractivity contribution in [1.29, 1.82) is 0 Å². The van der Waals surface area contributed by atoms with E-state index in [1.807, 2.05) is 31.3 Å². The van der Waals surface area contributed by atoms with Gasteiger partial charge in [-0.3, -0.25) is 0 Å². The van der Waals surface area contributed by atoms with Crippen molar-refractivity contribution in [2.75, 3.05) is 12.4 Å². The maximum absolute atomic E-state index is 5.37. The summed E-state index contributed by atoms with van der Waals surface area (Å²) < 4.78 is 7.10. The molecule has 0 radical (unpaired) electrons. The number of aryl methyl sites for hydroxylation is 1. The monoisotopic (exact) mass is 353 g/mol. The quantitative estimate of drug-likeness (QED) is 0.688. The van der Waals surface area contributed by atoms with Crippen LogP contribution in [0.2, 0.25) is 0 Å². The van der Waals surface area contributed by atoms with Gasteiger partial charge in [0.15, 0.2) is 5.11 Å². The lowest BCUT2D eigenvalue weighted by Gasteiger charge is -2.14. The molecule has 2 aromatic heterocycles. The summed E-state index contributed by atoms with van der Waals surface area (Å²) in [5.41, 5.74) is 3.01. The Balaban J connectivity index is 1.65. The number of anilines is 1. The Hall–Kier alpha value is -2.93. The predicted octanol–water partition coefficient (Wildman–Crippen LogP) is 3.07. The zero-order chi connectivity index (χ0) is 17.6. The molecule has 0 fully saturated rings. The van der Waals surface area contributed by atoms with Crippen molar-refractivity contribution in [1.82, 2.24) is 19.9 Å². The lowest BCUT2D eigenvalue weighted by Crippen LogP contribution is -2.28. The SMILES string of the molecule is COc1ccc(NC(=S)NCc2ccccc2-n2ccnc2C)cn1. The minimum atomic E-state index is 0.532. The average molecular weight is 353 g/mol. The molecule has 6 nitrogen and oxygen atoms in total. The fourth-order valence-corrected chi connectivity index (χ4v) is 2.64. The number of hydrogen-bond acceptors (Lipinski definition) is 4. The molecule has 7 heteroatoms. The van der Waals surface area contributed by atoms with Gasteiger partial charge in [-0.25, -0.2) is 9.97 Å². The van der Waals surface area contributed by atoms with Gasteiger partial charge in [0, 0.05) is 25.0 Å². The molecular formula is C18H19N5OS. The fourth-order valence-electron chi connectivity index (χ4n) is 2.45. The number of ether oxygens (including phenoxy) is 1. The predicted molar refractivity (Wildman–Crippen MR) is 102 cm³/mol. The third-order valence-corrected chi connectivity index (χ3v) is 3.97. The highest BCUT2D eigenvalue weighted by Crippen LogP contribution is 2.16. The van der Waals surface area contributed by atoms with E-state index in [1.54, 1.807) is 25.6 Å². The summed E-state index contributed by atoms with van der Waals surface area (Å²) in [5.74, 6) is 1.51. The smallest absolute Gasteiger partial charge is 0.213 e. The van der Waals surface area contributed by atoms with Crippen LogP contribution in [0.3, 0.4) is 0 Å². The maximum atomic E-state index is 5.37. The van der Waals surface area contributed by atoms with Crippen molar-refractivity contribution >= 4 is 23.0 Å². The Bertz CT molecular complexity index is 860. The van der Waals surface area contributed by atoms with Crippen LogP contribution in [-0.2, 0) is 6.54 Å². The average Bonchev–Trinajstić information content (AvgIpc) is 3.06. The Morgan fingerprint density at radius 2 is 2.04 bits per heavy atom. The molecule has 0 spiro atoms. The highest BCUT2D eigenvalue weighted by atomic mass is 32.1. The third kappa shape index (κ3) is 4.13. The molecule has 25 heavy (non-hydrogen) atoms. The van der Waals surface area contributed by atoms with Gasteiger partial charge in [-0.15, -0.1) is 0 Å². The van der Waals surface area contributed by atoms with Gasteiger partial charge in [-0.2, -0.15) is 0 Å². The zero-order valence-electron chi connectivity index (χ0n) is 14.1. The number of nitrogens with one attached hydrogen (secondary N) is 2. The van der Waals surface area contributed by atoms with Crippen LogP contribution >= 0.6 is 12.2 Å². The topological polar surface area (TPSA) is 64.0 Å². The van der Waals surface area contributed by atoms with Crippen molar-refractivity contribution in [3.63, 3.8) is 0 Å². The first-order valence-corrected chi connectivity index (χ1v) is 8.21. The largest absolute Gasteiger partial charge is 0.481 e. The zero-order valence-corrected chi connectivity index (χ0v) is 14.9. The molecule has 0 aliphatic carbocycles. The minimum absolute atomic E-state index is 0.532. The Morgan fingerprint density at radius 1 is 1.20 bits per heavy atom. The molecule has 3 rings (SSSR count). The molecular weight excluding hydrogens is 334 g/mol. The molecule has 2 heterocycles. The molecule has 0 saturated heterocycles. The number of pyridine rings is 1. The lowest BCUT2D eigenvalue weighted by atomic mass is 10.1. The maximum Gasteiger partial charge on any atom is 0.213 e. The summed E-state index contributed by atoms with van der Waals surface area (Å²) in [6.07, 6.45) is 5.42. The van der Waals surface area contributed by atoms with Crippen LogP contribution in [0.1, 0.15) is 11.4 Å². The Labute approximate surface area is 151 Å². The number of benzene rings is 1. The van der Waals surface area contributed by atoms with Gasteiger partial charge in [-0.1, -0.05) is 18.2 Å². The molecule has 128 valence electrons. The van der Waals surface area contributed by atoms with Crippen molar-refractivity contribution in [3.05, 3.63) is 66.4 Å². The van der Waals surface area contributed by atoms with Gasteiger partial charge in [0.05, 0.1) is 24.7 Å². The highest BCUT2D eigenvalue weighted by Gasteiger charge is 2.07. The highest BCUT2D eigenvalue weighted by molar-refractivity contribution is 7.80. The van der Waals surface area contributed by atoms with E-state index in [4.69, 9.17) is 17.0 Å². The first-order chi connectivity index (χ1) is 12.2. The van der Waals surface area contributed by atoms with Crippen molar-refractivity contribution < 1.29 is 4.74 Å². The van der Waals surface area contributed by atoms with E-state index >= 15 is 0 Å². The van der Waals surface area contributed by atoms with Gasteiger partial charge in [0.25, 0.3) is 0 Å². The van der Waals surface area contributed by atoms with E-state index < -0.39 is 0 Å². The van der Waals surface area contributed by atoms with Crippen molar-refractivity contribution in [2.45, 2.75) is 13.5 Å². The summed E-state index contributed by atoms with van der Waals surface area (Å²) in [6, 6.07) is 11.8. The van der Waals surface area contributed by atoms with E-state index in [0.29, 0.717) is 17.5 Å². The Kier molecular flexibility index (Phi) is 5.25. The first-order valence-electron chi connectivity index (χ1n) is 7.80. The van der Waals surface area contributed by atoms with Gasteiger partial charge in [0.1, 0.15) is 5.82 Å². The summed E-state index contributed by atoms with van der Waals surface area (Å²) >= 11 is 5.37. The molecule has 2 N–H and O–H groups in total. The van der Waals surface area contributed by atoms with Gasteiger partial charge >= 0.3 is 0 Å². The summed E-state index contributed by atoms with van der Waals surface area (Å²) in [7, 11) is 1.58. The van der Waals surface area contributed by atoms with E-state index in [9.17, 15) is 0 Å². The molecule has 1 aromatic carbocycles. The first kappa shape index (κ1) is 16.9. The van der Waals surface area contributed by atoms with Crippen molar-refractivity contribution in [2.24, 2.45) is 0 Å². The third-order valence-electron chi connectivity index (χ3n) is 3.72. The van der Waals surface area contributed by atoms with E-state index in [1.165, 1.54) is 0 Å². The van der Waals surface area contributed by atoms with Gasteiger partial charge < -0.3 is 19.9 Å². The number of methoxy groups -OCH3 is 1. The van der Waals surface area contributed by atoms with Crippen LogP contribution in [-0.4, -0.2) is 26.8 Å². The van der Waals surface area contributed by atoms with Gasteiger partial charge in [-0.05, 0) is 36.8 Å². The molecule has 0 bridgehead atoms. The molecule has 3 aromatic rings. The second kappa shape index (κ2) is 7.76. The molecule has 0 atom stereocenters. The van der Waals surface area contributed by atoms with Crippen LogP contribution in [0.15, 0.2) is 55.0 Å². The number of nitrogens with zero attached hydrogens (tertiary/aromatic N) is 3. The Morgan fingerprint density at radius 3 is 2.72 bits per heavy atom. The molecule has 0 aliphatic heterocycles. The van der Waals surface area contributed by atoms with E-state index in [-0.39, 0.29) is 0 Å². The van der Waals surface area contributed by atoms with E-state index in [0.717, 1.165) is 22.8 Å². The minimum Gasteiger partial charge on any atom is -0.481 e. The molecule has 0 unspecified atom stereocenters. The molecule has 0 amide bonds. The second-order valence-electron chi connectivity index (χ2n) is 5.37. The van der Waals surface area contributed by atoms with Crippen LogP contribution in [0.5, 0.6) is 5.88 Å². The number of hydrogen-bond donors (Lipinski definition) is 2. The number of para-hydroxylation sites is 1. The summed E-state index contributed by atoms with van der Waals surface area (Å²) in [4.78, 5) is 8.43. The lowest BCUT2D eigenvalue weighted by molar-refractivity contribution is 0.398. The van der Waals surface area contributed by atoms with E-state index in [2.05, 4.69) is 37.3 Å². The van der Waals surface area contributed by atoms with Gasteiger partial charge in [0.2, 0.25) is 5.88 Å². The molecule has 0 saturated carbocycles. The standard InChI is InChI=1S/C18H19N5OS/c1-13-19-9-10-23(13)16-6-4-3-5-14(16)11-21-18(25)22-15-7-8-17(24-2)20-12-15/h3-10,12H,11H2,1-2H3,(H2,21,22,25). The number of imidazole rings is 1. The second-order valence-corrected chi connectivity index (χ2v) is 5.78. The van der Waals surface area contributed by atoms with Crippen LogP contribution in [0.4, 0.5) is 5.69 Å². The van der Waals surface area contributed by atoms with Crippen molar-refractivity contribution in [3.8, 4) is 11.6 Å². The number of thiocarbonyl (C=S) groups is 1. The van der Waals surface area contributed by atoms with Crippen LogP contribution < -0.4 is 15.4 Å². The summed E-state index contributed by atoms with van der Waals surface area (Å²) in [6.45, 7) is 2.58. The number of rotatable bonds is 5. The molecule has 0 aliphatic rings. The fraction of sp³-hybridized carbons (Fsp3) is 0.167.